The van der Waals surface area contributed by atoms with Crippen molar-refractivity contribution in [3.05, 3.63) is 0 Å². The number of guanidine groups is 1. The van der Waals surface area contributed by atoms with Crippen LogP contribution in [0.4, 0.5) is 4.79 Å². The Morgan fingerprint density at radius 1 is 1.07 bits per heavy atom. The summed E-state index contributed by atoms with van der Waals surface area (Å²) in [6.45, 7) is 17.0. The fourth-order valence-corrected chi connectivity index (χ4v) is 3.76. The lowest BCUT2D eigenvalue weighted by Gasteiger charge is -2.37. The van der Waals surface area contributed by atoms with E-state index in [0.29, 0.717) is 31.7 Å². The Balaban J connectivity index is 1.96. The Kier molecular flexibility index (Phi) is 9.84. The Hall–Kier alpha value is -1.54. The number of carbonyl (C=O) groups excluding carboxylic acids is 1. The molecule has 0 aromatic heterocycles. The number of hydrogen-bond acceptors (Lipinski definition) is 5. The zero-order valence-corrected chi connectivity index (χ0v) is 18.2. The van der Waals surface area contributed by atoms with Crippen LogP contribution >= 0.6 is 0 Å². The molecule has 1 N–H and O–H groups in total. The van der Waals surface area contributed by atoms with Crippen LogP contribution in [0.25, 0.3) is 0 Å². The molecule has 0 spiro atoms. The minimum Gasteiger partial charge on any atom is -0.450 e. The van der Waals surface area contributed by atoms with Crippen molar-refractivity contribution in [2.24, 2.45) is 10.9 Å². The molecule has 0 saturated carbocycles. The van der Waals surface area contributed by atoms with E-state index in [1.807, 2.05) is 6.92 Å². The van der Waals surface area contributed by atoms with Crippen LogP contribution in [0, 0.1) is 5.92 Å². The highest BCUT2D eigenvalue weighted by molar-refractivity contribution is 5.80. The lowest BCUT2D eigenvalue weighted by atomic mass is 10.0. The van der Waals surface area contributed by atoms with Crippen molar-refractivity contribution in [1.29, 1.82) is 0 Å². The summed E-state index contributed by atoms with van der Waals surface area (Å²) in [7, 11) is 0. The minimum atomic E-state index is -0.214. The molecule has 28 heavy (non-hydrogen) atoms. The zero-order valence-electron chi connectivity index (χ0n) is 18.2. The lowest BCUT2D eigenvalue weighted by molar-refractivity contribution is 0.0142. The molecule has 2 saturated heterocycles. The molecule has 0 aromatic rings. The van der Waals surface area contributed by atoms with Crippen LogP contribution in [0.3, 0.4) is 0 Å². The topological polar surface area (TPSA) is 69.6 Å². The second kappa shape index (κ2) is 12.1. The van der Waals surface area contributed by atoms with E-state index in [9.17, 15) is 4.79 Å². The molecule has 0 aromatic carbocycles. The van der Waals surface area contributed by atoms with E-state index >= 15 is 0 Å². The quantitative estimate of drug-likeness (QED) is 0.518. The average Bonchev–Trinajstić information content (AvgIpc) is 2.71. The molecule has 2 rings (SSSR count). The van der Waals surface area contributed by atoms with Gasteiger partial charge >= 0.3 is 6.09 Å². The van der Waals surface area contributed by atoms with Gasteiger partial charge in [0.05, 0.1) is 26.4 Å². The second-order valence-corrected chi connectivity index (χ2v) is 7.80. The third kappa shape index (κ3) is 7.13. The molecule has 0 radical (unpaired) electrons. The van der Waals surface area contributed by atoms with Gasteiger partial charge in [-0.3, -0.25) is 9.89 Å². The Bertz CT molecular complexity index is 486. The van der Waals surface area contributed by atoms with Crippen molar-refractivity contribution in [3.8, 4) is 0 Å². The van der Waals surface area contributed by atoms with Gasteiger partial charge in [0, 0.05) is 51.9 Å². The molecule has 2 heterocycles. The first-order valence-electron chi connectivity index (χ1n) is 10.8. The Morgan fingerprint density at radius 2 is 1.71 bits per heavy atom. The van der Waals surface area contributed by atoms with Gasteiger partial charge in [-0.05, 0) is 26.2 Å². The summed E-state index contributed by atoms with van der Waals surface area (Å²) < 4.78 is 10.6. The van der Waals surface area contributed by atoms with Gasteiger partial charge in [0.25, 0.3) is 0 Å². The maximum Gasteiger partial charge on any atom is 0.409 e. The Morgan fingerprint density at radius 3 is 2.29 bits per heavy atom. The van der Waals surface area contributed by atoms with E-state index in [2.05, 4.69) is 35.9 Å². The first-order valence-corrected chi connectivity index (χ1v) is 10.8. The summed E-state index contributed by atoms with van der Waals surface area (Å²) in [6.07, 6.45) is 0.924. The molecular formula is C20H39N5O3. The summed E-state index contributed by atoms with van der Waals surface area (Å²) in [4.78, 5) is 23.5. The van der Waals surface area contributed by atoms with E-state index in [0.717, 1.165) is 64.9 Å². The molecular weight excluding hydrogens is 358 g/mol. The number of rotatable bonds is 7. The average molecular weight is 398 g/mol. The highest BCUT2D eigenvalue weighted by Crippen LogP contribution is 2.14. The highest BCUT2D eigenvalue weighted by atomic mass is 16.6. The number of morpholine rings is 1. The molecule has 162 valence electrons. The fourth-order valence-electron chi connectivity index (χ4n) is 3.76. The first kappa shape index (κ1) is 22.7. The maximum absolute atomic E-state index is 11.9. The normalized spacial score (nSPS) is 20.4. The van der Waals surface area contributed by atoms with Crippen LogP contribution in [-0.2, 0) is 9.47 Å². The molecule has 2 aliphatic heterocycles. The van der Waals surface area contributed by atoms with Gasteiger partial charge in [0.1, 0.15) is 0 Å². The van der Waals surface area contributed by atoms with E-state index < -0.39 is 0 Å². The number of hydrogen-bond donors (Lipinski definition) is 1. The molecule has 2 aliphatic rings. The van der Waals surface area contributed by atoms with Crippen LogP contribution < -0.4 is 5.32 Å². The monoisotopic (exact) mass is 397 g/mol. The van der Waals surface area contributed by atoms with Crippen molar-refractivity contribution >= 4 is 12.1 Å². The highest BCUT2D eigenvalue weighted by Gasteiger charge is 2.25. The van der Waals surface area contributed by atoms with Gasteiger partial charge in [-0.1, -0.05) is 13.8 Å². The van der Waals surface area contributed by atoms with Crippen molar-refractivity contribution < 1.29 is 14.3 Å². The van der Waals surface area contributed by atoms with Gasteiger partial charge in [0.15, 0.2) is 5.96 Å². The largest absolute Gasteiger partial charge is 0.450 e. The van der Waals surface area contributed by atoms with Crippen molar-refractivity contribution in [2.75, 3.05) is 72.2 Å². The number of nitrogens with one attached hydrogen (secondary N) is 1. The van der Waals surface area contributed by atoms with Gasteiger partial charge in [-0.2, -0.15) is 0 Å². The summed E-state index contributed by atoms with van der Waals surface area (Å²) in [5.41, 5.74) is 0. The number of piperazine rings is 1. The summed E-state index contributed by atoms with van der Waals surface area (Å²) in [5.74, 6) is 1.59. The molecule has 8 heteroatoms. The van der Waals surface area contributed by atoms with E-state index in [1.54, 1.807) is 4.90 Å². The standard InChI is InChI=1S/C20H39N5O3/c1-5-21-19(24-7-9-25(10-8-24)20(26)28-6-2)22-16-18(15-17(3)4)23-11-13-27-14-12-23/h17-18H,5-16H2,1-4H3,(H,21,22). The van der Waals surface area contributed by atoms with Gasteiger partial charge < -0.3 is 24.6 Å². The maximum atomic E-state index is 11.9. The smallest absolute Gasteiger partial charge is 0.409 e. The van der Waals surface area contributed by atoms with Crippen molar-refractivity contribution in [2.45, 2.75) is 40.2 Å². The third-order valence-electron chi connectivity index (χ3n) is 5.20. The van der Waals surface area contributed by atoms with E-state index in [1.165, 1.54) is 0 Å². The minimum absolute atomic E-state index is 0.214. The van der Waals surface area contributed by atoms with Crippen LogP contribution in [0.1, 0.15) is 34.1 Å². The number of carbonyl (C=O) groups is 1. The Labute approximate surface area is 170 Å². The third-order valence-corrected chi connectivity index (χ3v) is 5.20. The number of nitrogens with zero attached hydrogens (tertiary/aromatic N) is 4. The van der Waals surface area contributed by atoms with Crippen LogP contribution in [0.5, 0.6) is 0 Å². The van der Waals surface area contributed by atoms with Crippen molar-refractivity contribution in [3.63, 3.8) is 0 Å². The van der Waals surface area contributed by atoms with Crippen molar-refractivity contribution in [1.82, 2.24) is 20.0 Å². The first-order chi connectivity index (χ1) is 13.5. The molecule has 8 nitrogen and oxygen atoms in total. The molecule has 2 fully saturated rings. The summed E-state index contributed by atoms with van der Waals surface area (Å²) >= 11 is 0. The molecule has 0 aliphatic carbocycles. The number of aliphatic imine (C=N–C) groups is 1. The van der Waals surface area contributed by atoms with Gasteiger partial charge in [0.2, 0.25) is 0 Å². The fraction of sp³-hybridized carbons (Fsp3) is 0.900. The lowest BCUT2D eigenvalue weighted by Crippen LogP contribution is -2.54. The second-order valence-electron chi connectivity index (χ2n) is 7.80. The van der Waals surface area contributed by atoms with Crippen LogP contribution in [0.2, 0.25) is 0 Å². The zero-order chi connectivity index (χ0) is 20.4. The van der Waals surface area contributed by atoms with Crippen LogP contribution in [-0.4, -0.2) is 105 Å². The van der Waals surface area contributed by atoms with E-state index in [4.69, 9.17) is 14.5 Å². The molecule has 1 amide bonds. The van der Waals surface area contributed by atoms with Crippen LogP contribution in [0.15, 0.2) is 4.99 Å². The predicted molar refractivity (Wildman–Crippen MR) is 112 cm³/mol. The summed E-state index contributed by atoms with van der Waals surface area (Å²) in [6, 6.07) is 0.443. The van der Waals surface area contributed by atoms with Gasteiger partial charge in [-0.15, -0.1) is 0 Å². The molecule has 1 atom stereocenters. The predicted octanol–water partition coefficient (Wildman–Crippen LogP) is 1.47. The van der Waals surface area contributed by atoms with E-state index in [-0.39, 0.29) is 6.09 Å². The SMILES string of the molecule is CCNC(=NCC(CC(C)C)N1CCOCC1)N1CCN(C(=O)OCC)CC1. The number of amides is 1. The number of ether oxygens (including phenoxy) is 2. The molecule has 1 unspecified atom stereocenters. The van der Waals surface area contributed by atoms with Gasteiger partial charge in [-0.25, -0.2) is 4.79 Å². The summed E-state index contributed by atoms with van der Waals surface area (Å²) in [5, 5.41) is 3.43. The molecule has 0 bridgehead atoms.